The van der Waals surface area contributed by atoms with Crippen LogP contribution in [0, 0.1) is 5.92 Å². The van der Waals surface area contributed by atoms with Crippen molar-refractivity contribution in [1.82, 2.24) is 0 Å². The number of carbonyl (C=O) groups is 1. The van der Waals surface area contributed by atoms with Crippen LogP contribution in [0.1, 0.15) is 18.9 Å². The van der Waals surface area contributed by atoms with Crippen molar-refractivity contribution in [2.24, 2.45) is 5.92 Å². The zero-order valence-electron chi connectivity index (χ0n) is 9.60. The highest BCUT2D eigenvalue weighted by Crippen LogP contribution is 2.55. The fraction of sp³-hybridized carbons (Fsp3) is 0.462. The van der Waals surface area contributed by atoms with Crippen molar-refractivity contribution in [3.8, 4) is 0 Å². The van der Waals surface area contributed by atoms with E-state index in [-0.39, 0.29) is 11.9 Å². The van der Waals surface area contributed by atoms with Crippen molar-refractivity contribution in [2.75, 3.05) is 13.7 Å². The van der Waals surface area contributed by atoms with E-state index in [1.165, 1.54) is 0 Å². The van der Waals surface area contributed by atoms with Gasteiger partial charge in [-0.25, -0.2) is 0 Å². The highest BCUT2D eigenvalue weighted by atomic mass is 16.5. The first-order chi connectivity index (χ1) is 7.74. The Hall–Kier alpha value is -1.35. The number of benzene rings is 1. The van der Waals surface area contributed by atoms with Gasteiger partial charge in [-0.15, -0.1) is 0 Å². The molecule has 0 N–H and O–H groups in total. The van der Waals surface area contributed by atoms with Crippen molar-refractivity contribution in [2.45, 2.75) is 18.9 Å². The second kappa shape index (κ2) is 4.26. The van der Waals surface area contributed by atoms with E-state index in [1.807, 2.05) is 37.3 Å². The maximum atomic E-state index is 11.7. The summed E-state index contributed by atoms with van der Waals surface area (Å²) in [7, 11) is 1.65. The smallest absolute Gasteiger partial charge is 0.312 e. The van der Waals surface area contributed by atoms with Crippen LogP contribution in [-0.4, -0.2) is 19.7 Å². The van der Waals surface area contributed by atoms with Gasteiger partial charge in [0.1, 0.15) is 5.60 Å². The van der Waals surface area contributed by atoms with E-state index in [9.17, 15) is 4.79 Å². The summed E-state index contributed by atoms with van der Waals surface area (Å²) in [6.07, 6.45) is 0.715. The van der Waals surface area contributed by atoms with Crippen LogP contribution < -0.4 is 0 Å². The molecule has 16 heavy (non-hydrogen) atoms. The second-order valence-electron chi connectivity index (χ2n) is 3.97. The lowest BCUT2D eigenvalue weighted by atomic mass is 10.1. The highest BCUT2D eigenvalue weighted by molar-refractivity contribution is 5.78. The second-order valence-corrected chi connectivity index (χ2v) is 3.97. The normalized spacial score (nSPS) is 27.5. The fourth-order valence-corrected chi connectivity index (χ4v) is 2.14. The molecule has 3 heteroatoms. The van der Waals surface area contributed by atoms with Crippen LogP contribution in [0.3, 0.4) is 0 Å². The Kier molecular flexibility index (Phi) is 2.97. The monoisotopic (exact) mass is 220 g/mol. The molecule has 1 saturated carbocycles. The number of hydrogen-bond acceptors (Lipinski definition) is 3. The van der Waals surface area contributed by atoms with Crippen molar-refractivity contribution in [1.29, 1.82) is 0 Å². The Morgan fingerprint density at radius 3 is 2.69 bits per heavy atom. The standard InChI is InChI=1S/C13H16O3/c1-3-16-12(14)11-9-13(11,15-2)10-7-5-4-6-8-10/h4-8,11H,3,9H2,1-2H3/t11-,13+/m1/s1. The molecule has 1 aromatic carbocycles. The predicted molar refractivity (Wildman–Crippen MR) is 59.9 cm³/mol. The van der Waals surface area contributed by atoms with Gasteiger partial charge in [-0.05, 0) is 18.9 Å². The topological polar surface area (TPSA) is 35.5 Å². The Morgan fingerprint density at radius 1 is 1.44 bits per heavy atom. The number of esters is 1. The van der Waals surface area contributed by atoms with Crippen LogP contribution in [0.15, 0.2) is 30.3 Å². The number of rotatable bonds is 4. The molecule has 3 nitrogen and oxygen atoms in total. The number of ether oxygens (including phenoxy) is 2. The van der Waals surface area contributed by atoms with Gasteiger partial charge in [-0.2, -0.15) is 0 Å². The highest BCUT2D eigenvalue weighted by Gasteiger charge is 2.61. The quantitative estimate of drug-likeness (QED) is 0.729. The Morgan fingerprint density at radius 2 is 2.12 bits per heavy atom. The van der Waals surface area contributed by atoms with Gasteiger partial charge in [0.2, 0.25) is 0 Å². The molecule has 0 aliphatic heterocycles. The summed E-state index contributed by atoms with van der Waals surface area (Å²) in [6, 6.07) is 9.84. The lowest BCUT2D eigenvalue weighted by molar-refractivity contribution is -0.147. The van der Waals surface area contributed by atoms with Crippen molar-refractivity contribution < 1.29 is 14.3 Å². The summed E-state index contributed by atoms with van der Waals surface area (Å²) >= 11 is 0. The van der Waals surface area contributed by atoms with E-state index in [0.717, 1.165) is 5.56 Å². The van der Waals surface area contributed by atoms with Crippen molar-refractivity contribution in [3.05, 3.63) is 35.9 Å². The first kappa shape index (κ1) is 11.1. The van der Waals surface area contributed by atoms with Gasteiger partial charge in [0.05, 0.1) is 12.5 Å². The SMILES string of the molecule is CCOC(=O)[C@H]1C[C@]1(OC)c1ccccc1. The van der Waals surface area contributed by atoms with Gasteiger partial charge >= 0.3 is 5.97 Å². The van der Waals surface area contributed by atoms with Crippen molar-refractivity contribution >= 4 is 5.97 Å². The largest absolute Gasteiger partial charge is 0.466 e. The molecule has 0 radical (unpaired) electrons. The van der Waals surface area contributed by atoms with E-state index >= 15 is 0 Å². The van der Waals surface area contributed by atoms with E-state index in [1.54, 1.807) is 7.11 Å². The summed E-state index contributed by atoms with van der Waals surface area (Å²) in [5.41, 5.74) is 0.601. The van der Waals surface area contributed by atoms with Crippen LogP contribution in [0.2, 0.25) is 0 Å². The van der Waals surface area contributed by atoms with Gasteiger partial charge in [0.25, 0.3) is 0 Å². The number of carbonyl (C=O) groups excluding carboxylic acids is 1. The molecule has 1 aromatic rings. The minimum Gasteiger partial charge on any atom is -0.466 e. The first-order valence-corrected chi connectivity index (χ1v) is 5.52. The van der Waals surface area contributed by atoms with E-state index in [0.29, 0.717) is 13.0 Å². The van der Waals surface area contributed by atoms with Gasteiger partial charge in [-0.1, -0.05) is 30.3 Å². The van der Waals surface area contributed by atoms with Gasteiger partial charge in [0, 0.05) is 7.11 Å². The maximum absolute atomic E-state index is 11.7. The third kappa shape index (κ3) is 1.71. The van der Waals surface area contributed by atoms with Crippen LogP contribution in [0.4, 0.5) is 0 Å². The molecule has 0 bridgehead atoms. The molecule has 1 aliphatic rings. The Labute approximate surface area is 95.4 Å². The number of methoxy groups -OCH3 is 1. The first-order valence-electron chi connectivity index (χ1n) is 5.52. The van der Waals surface area contributed by atoms with E-state index in [4.69, 9.17) is 9.47 Å². The van der Waals surface area contributed by atoms with Crippen LogP contribution in [0.25, 0.3) is 0 Å². The molecule has 0 aromatic heterocycles. The third-order valence-electron chi connectivity index (χ3n) is 3.11. The molecule has 2 rings (SSSR count). The third-order valence-corrected chi connectivity index (χ3v) is 3.11. The summed E-state index contributed by atoms with van der Waals surface area (Å²) in [6.45, 7) is 2.24. The summed E-state index contributed by atoms with van der Waals surface area (Å²) in [5.74, 6) is -0.312. The molecular formula is C13H16O3. The van der Waals surface area contributed by atoms with Crippen molar-refractivity contribution in [3.63, 3.8) is 0 Å². The van der Waals surface area contributed by atoms with Gasteiger partial charge in [-0.3, -0.25) is 4.79 Å². The maximum Gasteiger partial charge on any atom is 0.312 e. The molecular weight excluding hydrogens is 204 g/mol. The zero-order valence-corrected chi connectivity index (χ0v) is 9.60. The molecule has 0 amide bonds. The van der Waals surface area contributed by atoms with Gasteiger partial charge < -0.3 is 9.47 Å². The number of hydrogen-bond donors (Lipinski definition) is 0. The zero-order chi connectivity index (χ0) is 11.6. The fourth-order valence-electron chi connectivity index (χ4n) is 2.14. The lowest BCUT2D eigenvalue weighted by Gasteiger charge is -2.15. The average molecular weight is 220 g/mol. The van der Waals surface area contributed by atoms with E-state index < -0.39 is 5.60 Å². The minimum atomic E-state index is -0.451. The van der Waals surface area contributed by atoms with Gasteiger partial charge in [0.15, 0.2) is 0 Å². The molecule has 0 heterocycles. The summed E-state index contributed by atoms with van der Waals surface area (Å²) < 4.78 is 10.5. The summed E-state index contributed by atoms with van der Waals surface area (Å²) in [4.78, 5) is 11.7. The molecule has 86 valence electrons. The molecule has 0 spiro atoms. The molecule has 1 aliphatic carbocycles. The van der Waals surface area contributed by atoms with Crippen LogP contribution in [0.5, 0.6) is 0 Å². The van der Waals surface area contributed by atoms with E-state index in [2.05, 4.69) is 0 Å². The average Bonchev–Trinajstić information content (AvgIpc) is 3.07. The molecule has 2 atom stereocenters. The molecule has 1 fully saturated rings. The molecule has 0 saturated heterocycles. The Bertz CT molecular complexity index is 374. The summed E-state index contributed by atoms with van der Waals surface area (Å²) in [5, 5.41) is 0. The van der Waals surface area contributed by atoms with Crippen LogP contribution in [-0.2, 0) is 19.9 Å². The minimum absolute atomic E-state index is 0.153. The van der Waals surface area contributed by atoms with Crippen LogP contribution >= 0.6 is 0 Å². The lowest BCUT2D eigenvalue weighted by Crippen LogP contribution is -2.19. The predicted octanol–water partition coefficient (Wildman–Crippen LogP) is 2.11. The molecule has 0 unspecified atom stereocenters. The Balaban J connectivity index is 2.17.